The molecule has 8 heteroatoms. The smallest absolute Gasteiger partial charge is 0.334 e. The summed E-state index contributed by atoms with van der Waals surface area (Å²) in [5, 5.41) is 0. The standard InChI is InChI=1S/C35H62O6Si2/c1-22-15-16-23-19-24(32(2,3)4)20-27(39-31(37)34(8,9)10)28(23)35(22,41-43(13)14)18-17-25-21-26(33(5,6)7)29(30(36)38-25)40-42(11)12/h15-16,19,22,24-29,42-43H,17-18,20-21H2,1-14H3/t22-,24+,25+,26-,27-,28+,29?,35-/m0/s1. The van der Waals surface area contributed by atoms with Crippen molar-refractivity contribution in [2.24, 2.45) is 39.9 Å². The van der Waals surface area contributed by atoms with Crippen molar-refractivity contribution in [3.05, 3.63) is 23.8 Å². The van der Waals surface area contributed by atoms with E-state index in [2.05, 4.69) is 92.9 Å². The minimum atomic E-state index is -1.54. The maximum atomic E-state index is 13.4. The van der Waals surface area contributed by atoms with Gasteiger partial charge in [0.2, 0.25) is 0 Å². The van der Waals surface area contributed by atoms with Crippen LogP contribution in [0.25, 0.3) is 0 Å². The van der Waals surface area contributed by atoms with Crippen molar-refractivity contribution in [1.29, 1.82) is 0 Å². The van der Waals surface area contributed by atoms with Gasteiger partial charge < -0.3 is 18.3 Å². The van der Waals surface area contributed by atoms with Crippen LogP contribution in [0.15, 0.2) is 23.8 Å². The third-order valence-electron chi connectivity index (χ3n) is 9.71. The lowest BCUT2D eigenvalue weighted by Crippen LogP contribution is -2.58. The molecule has 3 rings (SSSR count). The monoisotopic (exact) mass is 634 g/mol. The van der Waals surface area contributed by atoms with Gasteiger partial charge in [0.25, 0.3) is 0 Å². The lowest BCUT2D eigenvalue weighted by molar-refractivity contribution is -0.180. The van der Waals surface area contributed by atoms with Crippen LogP contribution in [0.2, 0.25) is 26.2 Å². The molecule has 0 radical (unpaired) electrons. The molecule has 0 aromatic heterocycles. The predicted octanol–water partition coefficient (Wildman–Crippen LogP) is 7.62. The Hall–Kier alpha value is -1.23. The average Bonchev–Trinajstić information content (AvgIpc) is 2.83. The van der Waals surface area contributed by atoms with Gasteiger partial charge in [-0.2, -0.15) is 0 Å². The molecular weight excluding hydrogens is 573 g/mol. The first-order valence-corrected chi connectivity index (χ1v) is 22.3. The van der Waals surface area contributed by atoms with Gasteiger partial charge in [-0.3, -0.25) is 4.79 Å². The number of carbonyl (C=O) groups is 2. The van der Waals surface area contributed by atoms with Gasteiger partial charge in [-0.05, 0) is 95.0 Å². The lowest BCUT2D eigenvalue weighted by Gasteiger charge is -2.54. The van der Waals surface area contributed by atoms with Crippen LogP contribution in [0.4, 0.5) is 0 Å². The Morgan fingerprint density at radius 3 is 2.12 bits per heavy atom. The fourth-order valence-electron chi connectivity index (χ4n) is 7.22. The normalized spacial score (nSPS) is 33.7. The van der Waals surface area contributed by atoms with E-state index in [4.69, 9.17) is 18.3 Å². The van der Waals surface area contributed by atoms with Crippen LogP contribution in [0, 0.1) is 39.9 Å². The predicted molar refractivity (Wildman–Crippen MR) is 180 cm³/mol. The highest BCUT2D eigenvalue weighted by molar-refractivity contribution is 6.48. The van der Waals surface area contributed by atoms with Gasteiger partial charge in [0.15, 0.2) is 18.1 Å². The van der Waals surface area contributed by atoms with E-state index in [0.717, 1.165) is 19.3 Å². The van der Waals surface area contributed by atoms with Gasteiger partial charge in [-0.1, -0.05) is 66.7 Å². The maximum Gasteiger partial charge on any atom is 0.334 e. The molecule has 246 valence electrons. The van der Waals surface area contributed by atoms with E-state index in [9.17, 15) is 9.59 Å². The number of hydrogen-bond acceptors (Lipinski definition) is 6. The van der Waals surface area contributed by atoms with Crippen molar-refractivity contribution in [1.82, 2.24) is 0 Å². The summed E-state index contributed by atoms with van der Waals surface area (Å²) >= 11 is 0. The zero-order valence-electron chi connectivity index (χ0n) is 29.7. The quantitative estimate of drug-likeness (QED) is 0.202. The SMILES string of the molecule is C[C@H]1C=CC2=C[C@@H](C(C)(C)C)C[C@H](OC(=O)C(C)(C)C)[C@@H]2[C@@]1(CC[C@@H]1C[C@H](C(C)(C)C)C(O[SiH](C)C)C(=O)O1)O[SiH](C)C. The molecule has 1 aliphatic heterocycles. The summed E-state index contributed by atoms with van der Waals surface area (Å²) < 4.78 is 26.0. The molecule has 0 aromatic rings. The maximum absolute atomic E-state index is 13.4. The number of fused-ring (bicyclic) bond motifs is 1. The van der Waals surface area contributed by atoms with E-state index < -0.39 is 35.2 Å². The van der Waals surface area contributed by atoms with Crippen LogP contribution in [-0.4, -0.2) is 53.9 Å². The summed E-state index contributed by atoms with van der Waals surface area (Å²) in [6.45, 7) is 30.1. The molecule has 8 atom stereocenters. The zero-order valence-corrected chi connectivity index (χ0v) is 32.0. The highest BCUT2D eigenvalue weighted by Crippen LogP contribution is 2.53. The molecule has 1 unspecified atom stereocenters. The average molecular weight is 635 g/mol. The zero-order chi connectivity index (χ0) is 32.7. The largest absolute Gasteiger partial charge is 0.461 e. The summed E-state index contributed by atoms with van der Waals surface area (Å²) in [5.41, 5.74) is 0.0239. The van der Waals surface area contributed by atoms with Crippen LogP contribution in [0.3, 0.4) is 0 Å². The van der Waals surface area contributed by atoms with Crippen LogP contribution in [0.1, 0.15) is 94.9 Å². The van der Waals surface area contributed by atoms with E-state index in [0.29, 0.717) is 6.42 Å². The molecule has 0 bridgehead atoms. The molecule has 2 aliphatic carbocycles. The van der Waals surface area contributed by atoms with Gasteiger partial charge >= 0.3 is 11.9 Å². The molecule has 1 saturated heterocycles. The highest BCUT2D eigenvalue weighted by Gasteiger charge is 2.55. The molecule has 3 aliphatic rings. The first-order chi connectivity index (χ1) is 19.6. The Morgan fingerprint density at radius 1 is 0.977 bits per heavy atom. The second kappa shape index (κ2) is 13.2. The number of cyclic esters (lactones) is 1. The minimum absolute atomic E-state index is 0.0350. The Bertz CT molecular complexity index is 1060. The van der Waals surface area contributed by atoms with Gasteiger partial charge in [-0.15, -0.1) is 0 Å². The van der Waals surface area contributed by atoms with Gasteiger partial charge in [0.05, 0.1) is 11.0 Å². The molecular formula is C35H62O6Si2. The Balaban J connectivity index is 2.02. The van der Waals surface area contributed by atoms with Gasteiger partial charge in [-0.25, -0.2) is 4.79 Å². The number of hydrogen-bond donors (Lipinski definition) is 0. The minimum Gasteiger partial charge on any atom is -0.461 e. The Kier molecular flexibility index (Phi) is 11.2. The Labute approximate surface area is 266 Å². The summed E-state index contributed by atoms with van der Waals surface area (Å²) in [7, 11) is -2.97. The molecule has 0 aromatic carbocycles. The first kappa shape index (κ1) is 36.2. The van der Waals surface area contributed by atoms with Crippen molar-refractivity contribution in [2.75, 3.05) is 0 Å². The molecule has 0 amide bonds. The molecule has 0 N–H and O–H groups in total. The third kappa shape index (κ3) is 8.53. The lowest BCUT2D eigenvalue weighted by atomic mass is 9.59. The number of allylic oxidation sites excluding steroid dienone is 2. The van der Waals surface area contributed by atoms with Crippen LogP contribution < -0.4 is 0 Å². The molecule has 6 nitrogen and oxygen atoms in total. The summed E-state index contributed by atoms with van der Waals surface area (Å²) in [6, 6.07) is 0. The van der Waals surface area contributed by atoms with Gasteiger partial charge in [0.1, 0.15) is 18.3 Å². The second-order valence-corrected chi connectivity index (χ2v) is 21.9. The van der Waals surface area contributed by atoms with E-state index in [1.54, 1.807) is 0 Å². The first-order valence-electron chi connectivity index (χ1n) is 16.7. The third-order valence-corrected chi connectivity index (χ3v) is 11.5. The van der Waals surface area contributed by atoms with Crippen molar-refractivity contribution >= 4 is 30.0 Å². The molecule has 0 spiro atoms. The van der Waals surface area contributed by atoms with E-state index in [1.807, 2.05) is 20.8 Å². The van der Waals surface area contributed by atoms with Crippen LogP contribution >= 0.6 is 0 Å². The summed E-state index contributed by atoms with van der Waals surface area (Å²) in [4.78, 5) is 26.8. The van der Waals surface area contributed by atoms with Crippen LogP contribution in [0.5, 0.6) is 0 Å². The topological polar surface area (TPSA) is 71.1 Å². The molecule has 0 saturated carbocycles. The fraction of sp³-hybridized carbons (Fsp3) is 0.829. The van der Waals surface area contributed by atoms with Crippen molar-refractivity contribution in [3.8, 4) is 0 Å². The number of ether oxygens (including phenoxy) is 2. The van der Waals surface area contributed by atoms with E-state index in [-0.39, 0.29) is 58.6 Å². The second-order valence-electron chi connectivity index (χ2n) is 17.2. The number of carbonyl (C=O) groups excluding carboxylic acids is 2. The highest BCUT2D eigenvalue weighted by atomic mass is 28.3. The molecule has 1 fully saturated rings. The Morgan fingerprint density at radius 2 is 1.60 bits per heavy atom. The van der Waals surface area contributed by atoms with Crippen molar-refractivity contribution in [2.45, 2.75) is 145 Å². The number of rotatable bonds is 8. The fourth-order valence-corrected chi connectivity index (χ4v) is 9.47. The van der Waals surface area contributed by atoms with Crippen LogP contribution in [-0.2, 0) is 27.9 Å². The van der Waals surface area contributed by atoms with E-state index >= 15 is 0 Å². The van der Waals surface area contributed by atoms with E-state index in [1.165, 1.54) is 5.57 Å². The number of esters is 2. The summed E-state index contributed by atoms with van der Waals surface area (Å²) in [6.07, 6.45) is 8.96. The van der Waals surface area contributed by atoms with Gasteiger partial charge in [0, 0.05) is 17.8 Å². The summed E-state index contributed by atoms with van der Waals surface area (Å²) in [5.74, 6) is 0.0210. The van der Waals surface area contributed by atoms with Crippen molar-refractivity contribution < 1.29 is 27.9 Å². The molecule has 43 heavy (non-hydrogen) atoms. The van der Waals surface area contributed by atoms with Crippen molar-refractivity contribution in [3.63, 3.8) is 0 Å². The molecule has 1 heterocycles.